The predicted molar refractivity (Wildman–Crippen MR) is 82.4 cm³/mol. The number of likely N-dealkylation sites (tertiary alicyclic amines) is 1. The number of halogens is 3. The molecule has 0 aromatic carbocycles. The second-order valence-electron chi connectivity index (χ2n) is 7.02. The van der Waals surface area contributed by atoms with Gasteiger partial charge in [0.15, 0.2) is 0 Å². The van der Waals surface area contributed by atoms with Crippen molar-refractivity contribution in [3.63, 3.8) is 0 Å². The first-order chi connectivity index (χ1) is 11.3. The summed E-state index contributed by atoms with van der Waals surface area (Å²) >= 11 is 0. The van der Waals surface area contributed by atoms with Crippen LogP contribution in [0.15, 0.2) is 12.4 Å². The Morgan fingerprint density at radius 2 is 2.12 bits per heavy atom. The summed E-state index contributed by atoms with van der Waals surface area (Å²) in [5, 5.41) is 7.03. The van der Waals surface area contributed by atoms with Crippen LogP contribution in [0.3, 0.4) is 0 Å². The molecule has 1 aliphatic carbocycles. The van der Waals surface area contributed by atoms with Gasteiger partial charge in [-0.05, 0) is 31.7 Å². The van der Waals surface area contributed by atoms with Crippen LogP contribution < -0.4 is 5.32 Å². The van der Waals surface area contributed by atoms with Crippen molar-refractivity contribution in [2.75, 3.05) is 19.6 Å². The monoisotopic (exact) mass is 344 g/mol. The summed E-state index contributed by atoms with van der Waals surface area (Å²) in [4.78, 5) is 14.0. The third-order valence-corrected chi connectivity index (χ3v) is 4.91. The summed E-state index contributed by atoms with van der Waals surface area (Å²) in [6.07, 6.45) is 0.942. The molecule has 2 aliphatic rings. The van der Waals surface area contributed by atoms with E-state index in [4.69, 9.17) is 0 Å². The molecule has 2 fully saturated rings. The topological polar surface area (TPSA) is 50.2 Å². The second-order valence-corrected chi connectivity index (χ2v) is 7.02. The van der Waals surface area contributed by atoms with Crippen LogP contribution in [0, 0.1) is 12.8 Å². The fourth-order valence-corrected chi connectivity index (χ4v) is 3.57. The van der Waals surface area contributed by atoms with Gasteiger partial charge in [0, 0.05) is 25.3 Å². The number of carbonyl (C=O) groups excluding carboxylic acids is 1. The fraction of sp³-hybridized carbons (Fsp3) is 0.750. The molecule has 1 aromatic rings. The molecule has 0 bridgehead atoms. The predicted octanol–water partition coefficient (Wildman–Crippen LogP) is 2.29. The molecule has 2 atom stereocenters. The Morgan fingerprint density at radius 1 is 1.38 bits per heavy atom. The Kier molecular flexibility index (Phi) is 4.85. The lowest BCUT2D eigenvalue weighted by atomic mass is 9.85. The van der Waals surface area contributed by atoms with Gasteiger partial charge in [0.2, 0.25) is 5.91 Å². The van der Waals surface area contributed by atoms with Crippen LogP contribution in [0.5, 0.6) is 0 Å². The van der Waals surface area contributed by atoms with Crippen molar-refractivity contribution >= 4 is 5.91 Å². The van der Waals surface area contributed by atoms with E-state index in [-0.39, 0.29) is 37.4 Å². The molecular weight excluding hydrogens is 321 g/mol. The molecule has 24 heavy (non-hydrogen) atoms. The molecule has 8 heteroatoms. The Labute approximate surface area is 139 Å². The lowest BCUT2D eigenvalue weighted by Crippen LogP contribution is -2.53. The molecule has 1 aromatic heterocycles. The minimum absolute atomic E-state index is 0.00439. The van der Waals surface area contributed by atoms with Gasteiger partial charge in [-0.15, -0.1) is 0 Å². The zero-order valence-electron chi connectivity index (χ0n) is 13.7. The number of nitrogens with one attached hydrogen (secondary N) is 1. The maximum absolute atomic E-state index is 12.8. The molecule has 1 aliphatic heterocycles. The van der Waals surface area contributed by atoms with Crippen molar-refractivity contribution < 1.29 is 18.0 Å². The summed E-state index contributed by atoms with van der Waals surface area (Å²) in [6, 6.07) is -0.0838. The average Bonchev–Trinajstić information content (AvgIpc) is 2.88. The van der Waals surface area contributed by atoms with E-state index in [1.54, 1.807) is 6.20 Å². The Hall–Kier alpha value is -1.57. The van der Waals surface area contributed by atoms with E-state index >= 15 is 0 Å². The smallest absolute Gasteiger partial charge is 0.352 e. The lowest BCUT2D eigenvalue weighted by molar-refractivity contribution is -0.184. The van der Waals surface area contributed by atoms with Crippen LogP contribution in [0.2, 0.25) is 0 Å². The van der Waals surface area contributed by atoms with Crippen LogP contribution in [0.25, 0.3) is 0 Å². The molecule has 1 saturated carbocycles. The van der Waals surface area contributed by atoms with E-state index in [9.17, 15) is 18.0 Å². The molecule has 1 N–H and O–H groups in total. The minimum Gasteiger partial charge on any atom is -0.352 e. The van der Waals surface area contributed by atoms with Gasteiger partial charge in [-0.1, -0.05) is 6.42 Å². The van der Waals surface area contributed by atoms with Gasteiger partial charge in [-0.25, -0.2) is 0 Å². The third kappa shape index (κ3) is 4.09. The van der Waals surface area contributed by atoms with E-state index in [0.29, 0.717) is 12.8 Å². The molecule has 3 rings (SSSR count). The standard InChI is InChI=1S/C16H23F3N4O/c1-11-6-20-23(7-11)14-8-22(9-14)10-15(24)21-13-4-2-3-12(5-13)16(17,18)19/h6-7,12-14H,2-5,8-10H2,1H3,(H,21,24)/t12-,13-/m1/s1. The zero-order chi connectivity index (χ0) is 17.3. The number of rotatable bonds is 4. The van der Waals surface area contributed by atoms with Crippen LogP contribution in [0.1, 0.15) is 37.3 Å². The second kappa shape index (κ2) is 6.74. The molecule has 0 unspecified atom stereocenters. The lowest BCUT2D eigenvalue weighted by Gasteiger charge is -2.39. The Morgan fingerprint density at radius 3 is 2.75 bits per heavy atom. The number of nitrogens with zero attached hydrogens (tertiary/aromatic N) is 3. The van der Waals surface area contributed by atoms with Crippen LogP contribution in [0.4, 0.5) is 13.2 Å². The maximum atomic E-state index is 12.8. The number of hydrogen-bond donors (Lipinski definition) is 1. The van der Waals surface area contributed by atoms with E-state index in [2.05, 4.69) is 10.4 Å². The van der Waals surface area contributed by atoms with Gasteiger partial charge in [-0.3, -0.25) is 14.4 Å². The van der Waals surface area contributed by atoms with E-state index in [1.165, 1.54) is 0 Å². The largest absolute Gasteiger partial charge is 0.391 e. The van der Waals surface area contributed by atoms with Crippen molar-refractivity contribution in [3.8, 4) is 0 Å². The van der Waals surface area contributed by atoms with Gasteiger partial charge in [-0.2, -0.15) is 18.3 Å². The molecule has 1 amide bonds. The fourth-order valence-electron chi connectivity index (χ4n) is 3.57. The number of aromatic nitrogens is 2. The van der Waals surface area contributed by atoms with Gasteiger partial charge in [0.05, 0.1) is 24.7 Å². The highest BCUT2D eigenvalue weighted by Gasteiger charge is 2.42. The van der Waals surface area contributed by atoms with Crippen molar-refractivity contribution in [1.82, 2.24) is 20.0 Å². The highest BCUT2D eigenvalue weighted by molar-refractivity contribution is 5.78. The van der Waals surface area contributed by atoms with Gasteiger partial charge >= 0.3 is 6.18 Å². The summed E-state index contributed by atoms with van der Waals surface area (Å²) in [7, 11) is 0. The first kappa shape index (κ1) is 17.3. The molecule has 5 nitrogen and oxygen atoms in total. The van der Waals surface area contributed by atoms with Crippen LogP contribution in [-0.4, -0.2) is 52.4 Å². The molecular formula is C16H23F3N4O. The van der Waals surface area contributed by atoms with Crippen molar-refractivity contribution in [2.45, 2.75) is 50.9 Å². The molecule has 1 saturated heterocycles. The normalized spacial score (nSPS) is 26.2. The Balaban J connectivity index is 1.40. The quantitative estimate of drug-likeness (QED) is 0.912. The Bertz CT molecular complexity index is 580. The van der Waals surface area contributed by atoms with E-state index < -0.39 is 12.1 Å². The summed E-state index contributed by atoms with van der Waals surface area (Å²) in [5.74, 6) is -1.47. The molecule has 0 radical (unpaired) electrons. The number of hydrogen-bond acceptors (Lipinski definition) is 3. The number of aryl methyl sites for hydroxylation is 1. The number of amides is 1. The van der Waals surface area contributed by atoms with E-state index in [1.807, 2.05) is 22.7 Å². The zero-order valence-corrected chi connectivity index (χ0v) is 13.7. The van der Waals surface area contributed by atoms with Gasteiger partial charge in [0.1, 0.15) is 0 Å². The summed E-state index contributed by atoms with van der Waals surface area (Å²) in [6.45, 7) is 3.70. The molecule has 2 heterocycles. The summed E-state index contributed by atoms with van der Waals surface area (Å²) in [5.41, 5.74) is 1.10. The van der Waals surface area contributed by atoms with Crippen molar-refractivity contribution in [1.29, 1.82) is 0 Å². The molecule has 134 valence electrons. The van der Waals surface area contributed by atoms with Crippen LogP contribution >= 0.6 is 0 Å². The number of alkyl halides is 3. The number of carbonyl (C=O) groups is 1. The summed E-state index contributed by atoms with van der Waals surface area (Å²) < 4.78 is 40.3. The van der Waals surface area contributed by atoms with Crippen molar-refractivity contribution in [3.05, 3.63) is 18.0 Å². The van der Waals surface area contributed by atoms with Crippen LogP contribution in [-0.2, 0) is 4.79 Å². The third-order valence-electron chi connectivity index (χ3n) is 4.91. The SMILES string of the molecule is Cc1cnn(C2CN(CC(=O)N[C@@H]3CCC[C@@H](C(F)(F)F)C3)C2)c1. The average molecular weight is 344 g/mol. The van der Waals surface area contributed by atoms with Gasteiger partial charge in [0.25, 0.3) is 0 Å². The molecule has 0 spiro atoms. The first-order valence-electron chi connectivity index (χ1n) is 8.40. The maximum Gasteiger partial charge on any atom is 0.391 e. The first-order valence-corrected chi connectivity index (χ1v) is 8.40. The highest BCUT2D eigenvalue weighted by Crippen LogP contribution is 2.37. The van der Waals surface area contributed by atoms with Gasteiger partial charge < -0.3 is 5.32 Å². The van der Waals surface area contributed by atoms with E-state index in [0.717, 1.165) is 18.7 Å². The highest BCUT2D eigenvalue weighted by atomic mass is 19.4. The minimum atomic E-state index is -4.16. The van der Waals surface area contributed by atoms with Crippen molar-refractivity contribution in [2.24, 2.45) is 5.92 Å².